The highest BCUT2D eigenvalue weighted by atomic mass is 35.5. The van der Waals surface area contributed by atoms with Crippen molar-refractivity contribution in [1.29, 1.82) is 0 Å². The van der Waals surface area contributed by atoms with Gasteiger partial charge in [0.05, 0.1) is 11.3 Å². The smallest absolute Gasteiger partial charge is 0.254 e. The predicted molar refractivity (Wildman–Crippen MR) is 99.2 cm³/mol. The van der Waals surface area contributed by atoms with E-state index in [-0.39, 0.29) is 17.5 Å². The van der Waals surface area contributed by atoms with Crippen molar-refractivity contribution < 1.29 is 9.18 Å². The summed E-state index contributed by atoms with van der Waals surface area (Å²) >= 11 is 5.93. The average molecular weight is 371 g/mol. The fourth-order valence-corrected chi connectivity index (χ4v) is 2.52. The third kappa shape index (κ3) is 4.77. The Bertz CT molecular complexity index is 902. The van der Waals surface area contributed by atoms with Gasteiger partial charge in [-0.05, 0) is 36.2 Å². The summed E-state index contributed by atoms with van der Waals surface area (Å²) in [4.78, 5) is 20.2. The van der Waals surface area contributed by atoms with Crippen LogP contribution in [-0.4, -0.2) is 22.4 Å². The van der Waals surface area contributed by atoms with Gasteiger partial charge >= 0.3 is 0 Å². The molecule has 0 aliphatic carbocycles. The standard InChI is InChI=1S/C19H16ClFN4O/c20-15-5-3-4-13(10-15)8-9-22-18(26)14-11-23-19(24-12-14)25-17-7-2-1-6-16(17)21/h1-7,10-12H,8-9H2,(H,22,26)(H,23,24,25). The number of hydrogen-bond donors (Lipinski definition) is 2. The van der Waals surface area contributed by atoms with E-state index in [1.54, 1.807) is 24.3 Å². The van der Waals surface area contributed by atoms with E-state index in [2.05, 4.69) is 20.6 Å². The van der Waals surface area contributed by atoms with Gasteiger partial charge in [0.15, 0.2) is 0 Å². The van der Waals surface area contributed by atoms with E-state index in [4.69, 9.17) is 11.6 Å². The number of benzene rings is 2. The number of para-hydroxylation sites is 1. The zero-order valence-corrected chi connectivity index (χ0v) is 14.5. The Balaban J connectivity index is 1.54. The highest BCUT2D eigenvalue weighted by molar-refractivity contribution is 6.30. The summed E-state index contributed by atoms with van der Waals surface area (Å²) < 4.78 is 13.6. The molecule has 26 heavy (non-hydrogen) atoms. The molecule has 5 nitrogen and oxygen atoms in total. The summed E-state index contributed by atoms with van der Waals surface area (Å²) in [5.74, 6) is -0.464. The number of nitrogens with one attached hydrogen (secondary N) is 2. The summed E-state index contributed by atoms with van der Waals surface area (Å²) in [5.41, 5.74) is 1.64. The van der Waals surface area contributed by atoms with Crippen LogP contribution in [0.1, 0.15) is 15.9 Å². The number of carbonyl (C=O) groups excluding carboxylic acids is 1. The molecule has 0 fully saturated rings. The third-order valence-corrected chi connectivity index (χ3v) is 3.86. The lowest BCUT2D eigenvalue weighted by Gasteiger charge is -2.07. The Labute approximate surface area is 155 Å². The predicted octanol–water partition coefficient (Wildman–Crippen LogP) is 3.99. The van der Waals surface area contributed by atoms with E-state index < -0.39 is 5.82 Å². The molecule has 0 saturated heterocycles. The molecule has 1 heterocycles. The number of rotatable bonds is 6. The van der Waals surface area contributed by atoms with Crippen LogP contribution in [0.4, 0.5) is 16.0 Å². The largest absolute Gasteiger partial charge is 0.352 e. The Hall–Kier alpha value is -2.99. The Morgan fingerprint density at radius 1 is 1.08 bits per heavy atom. The lowest BCUT2D eigenvalue weighted by molar-refractivity contribution is 0.0953. The molecule has 132 valence electrons. The SMILES string of the molecule is O=C(NCCc1cccc(Cl)c1)c1cnc(Nc2ccccc2F)nc1. The van der Waals surface area contributed by atoms with E-state index in [0.29, 0.717) is 23.6 Å². The van der Waals surface area contributed by atoms with Crippen molar-refractivity contribution in [2.75, 3.05) is 11.9 Å². The first-order valence-corrected chi connectivity index (χ1v) is 8.36. The molecule has 2 N–H and O–H groups in total. The van der Waals surface area contributed by atoms with Gasteiger partial charge in [0.25, 0.3) is 5.91 Å². The molecule has 0 aliphatic heterocycles. The number of halogens is 2. The maximum absolute atomic E-state index is 13.6. The van der Waals surface area contributed by atoms with Crippen LogP contribution in [-0.2, 0) is 6.42 Å². The van der Waals surface area contributed by atoms with Gasteiger partial charge in [-0.25, -0.2) is 14.4 Å². The molecular formula is C19H16ClFN4O. The summed E-state index contributed by atoms with van der Waals surface area (Å²) in [6, 6.07) is 13.7. The molecular weight excluding hydrogens is 355 g/mol. The lowest BCUT2D eigenvalue weighted by atomic mass is 10.1. The summed E-state index contributed by atoms with van der Waals surface area (Å²) in [6.45, 7) is 0.467. The number of nitrogens with zero attached hydrogens (tertiary/aromatic N) is 2. The zero-order chi connectivity index (χ0) is 18.4. The van der Waals surface area contributed by atoms with Crippen LogP contribution < -0.4 is 10.6 Å². The molecule has 2 aromatic carbocycles. The topological polar surface area (TPSA) is 66.9 Å². The molecule has 7 heteroatoms. The first kappa shape index (κ1) is 17.8. The Morgan fingerprint density at radius 3 is 2.58 bits per heavy atom. The first-order valence-electron chi connectivity index (χ1n) is 7.98. The van der Waals surface area contributed by atoms with Crippen molar-refractivity contribution in [2.45, 2.75) is 6.42 Å². The van der Waals surface area contributed by atoms with Crippen LogP contribution in [0.2, 0.25) is 5.02 Å². The van der Waals surface area contributed by atoms with Crippen LogP contribution in [0.5, 0.6) is 0 Å². The van der Waals surface area contributed by atoms with E-state index in [1.165, 1.54) is 18.5 Å². The maximum atomic E-state index is 13.6. The number of amides is 1. The molecule has 0 bridgehead atoms. The second-order valence-corrected chi connectivity index (χ2v) is 5.97. The third-order valence-electron chi connectivity index (χ3n) is 3.62. The van der Waals surface area contributed by atoms with Crippen LogP contribution in [0.25, 0.3) is 0 Å². The second-order valence-electron chi connectivity index (χ2n) is 5.54. The van der Waals surface area contributed by atoms with Gasteiger partial charge in [-0.1, -0.05) is 35.9 Å². The van der Waals surface area contributed by atoms with Crippen molar-refractivity contribution >= 4 is 29.1 Å². The highest BCUT2D eigenvalue weighted by Crippen LogP contribution is 2.16. The summed E-state index contributed by atoms with van der Waals surface area (Å²) in [6.07, 6.45) is 3.45. The first-order chi connectivity index (χ1) is 12.6. The van der Waals surface area contributed by atoms with Crippen LogP contribution >= 0.6 is 11.6 Å². The van der Waals surface area contributed by atoms with Crippen molar-refractivity contribution in [1.82, 2.24) is 15.3 Å². The van der Waals surface area contributed by atoms with Gasteiger partial charge < -0.3 is 10.6 Å². The van der Waals surface area contributed by atoms with Gasteiger partial charge in [0.2, 0.25) is 5.95 Å². The van der Waals surface area contributed by atoms with Crippen molar-refractivity contribution in [3.8, 4) is 0 Å². The molecule has 0 unspecified atom stereocenters. The molecule has 0 spiro atoms. The van der Waals surface area contributed by atoms with E-state index in [9.17, 15) is 9.18 Å². The van der Waals surface area contributed by atoms with E-state index in [1.807, 2.05) is 18.2 Å². The van der Waals surface area contributed by atoms with Gasteiger partial charge in [0.1, 0.15) is 5.82 Å². The molecule has 0 saturated carbocycles. The number of anilines is 2. The Kier molecular flexibility index (Phi) is 5.76. The molecule has 3 rings (SSSR count). The monoisotopic (exact) mass is 370 g/mol. The normalized spacial score (nSPS) is 10.4. The molecule has 0 atom stereocenters. The van der Waals surface area contributed by atoms with Gasteiger partial charge in [0, 0.05) is 24.0 Å². The molecule has 1 amide bonds. The molecule has 0 radical (unpaired) electrons. The molecule has 3 aromatic rings. The van der Waals surface area contributed by atoms with Gasteiger partial charge in [-0.15, -0.1) is 0 Å². The van der Waals surface area contributed by atoms with Crippen molar-refractivity contribution in [3.05, 3.63) is 82.9 Å². The average Bonchev–Trinajstić information content (AvgIpc) is 2.64. The molecule has 0 aliphatic rings. The Morgan fingerprint density at radius 2 is 1.85 bits per heavy atom. The second kappa shape index (κ2) is 8.40. The minimum Gasteiger partial charge on any atom is -0.352 e. The van der Waals surface area contributed by atoms with Crippen LogP contribution in [0, 0.1) is 5.82 Å². The quantitative estimate of drug-likeness (QED) is 0.688. The number of aromatic nitrogens is 2. The van der Waals surface area contributed by atoms with Gasteiger partial charge in [-0.2, -0.15) is 0 Å². The fourth-order valence-electron chi connectivity index (χ4n) is 2.31. The van der Waals surface area contributed by atoms with Gasteiger partial charge in [-0.3, -0.25) is 4.79 Å². The number of carbonyl (C=O) groups is 1. The van der Waals surface area contributed by atoms with Crippen LogP contribution in [0.3, 0.4) is 0 Å². The van der Waals surface area contributed by atoms with Crippen molar-refractivity contribution in [3.63, 3.8) is 0 Å². The highest BCUT2D eigenvalue weighted by Gasteiger charge is 2.08. The fraction of sp³-hybridized carbons (Fsp3) is 0.105. The van der Waals surface area contributed by atoms with Crippen LogP contribution in [0.15, 0.2) is 60.9 Å². The summed E-state index contributed by atoms with van der Waals surface area (Å²) in [7, 11) is 0. The minimum absolute atomic E-state index is 0.213. The zero-order valence-electron chi connectivity index (χ0n) is 13.7. The number of hydrogen-bond acceptors (Lipinski definition) is 4. The minimum atomic E-state index is -0.404. The molecule has 1 aromatic heterocycles. The maximum Gasteiger partial charge on any atom is 0.254 e. The summed E-state index contributed by atoms with van der Waals surface area (Å²) in [5, 5.41) is 6.24. The van der Waals surface area contributed by atoms with Crippen molar-refractivity contribution in [2.24, 2.45) is 0 Å². The van der Waals surface area contributed by atoms with E-state index >= 15 is 0 Å². The lowest BCUT2D eigenvalue weighted by Crippen LogP contribution is -2.26. The van der Waals surface area contributed by atoms with E-state index in [0.717, 1.165) is 5.56 Å².